The van der Waals surface area contributed by atoms with Crippen molar-refractivity contribution in [3.8, 4) is 0 Å². The van der Waals surface area contributed by atoms with E-state index in [1.54, 1.807) is 0 Å². The van der Waals surface area contributed by atoms with E-state index < -0.39 is 0 Å². The predicted molar refractivity (Wildman–Crippen MR) is 94.1 cm³/mol. The Morgan fingerprint density at radius 2 is 1.65 bits per heavy atom. The van der Waals surface area contributed by atoms with E-state index in [-0.39, 0.29) is 5.91 Å². The number of amides is 1. The van der Waals surface area contributed by atoms with Gasteiger partial charge in [0.2, 0.25) is 11.0 Å². The third-order valence-corrected chi connectivity index (χ3v) is 3.92. The first-order valence-corrected chi connectivity index (χ1v) is 8.02. The molecule has 114 valence electrons. The fourth-order valence-electron chi connectivity index (χ4n) is 2.03. The molecule has 1 heterocycles. The van der Waals surface area contributed by atoms with Crippen LogP contribution >= 0.6 is 11.3 Å². The van der Waals surface area contributed by atoms with Crippen LogP contribution in [-0.4, -0.2) is 16.1 Å². The van der Waals surface area contributed by atoms with Crippen molar-refractivity contribution < 1.29 is 4.79 Å². The van der Waals surface area contributed by atoms with E-state index in [1.165, 1.54) is 11.3 Å². The van der Waals surface area contributed by atoms with E-state index in [4.69, 9.17) is 0 Å². The number of carbonyl (C=O) groups excluding carboxylic acids is 1. The Morgan fingerprint density at radius 3 is 2.39 bits per heavy atom. The molecule has 3 aromatic rings. The molecule has 0 aliphatic rings. The Hall–Kier alpha value is -2.79. The van der Waals surface area contributed by atoms with Crippen LogP contribution in [0.2, 0.25) is 0 Å². The van der Waals surface area contributed by atoms with Gasteiger partial charge < -0.3 is 5.32 Å². The molecule has 4 nitrogen and oxygen atoms in total. The normalized spacial score (nSPS) is 10.8. The van der Waals surface area contributed by atoms with Crippen LogP contribution in [0.25, 0.3) is 12.2 Å². The highest BCUT2D eigenvalue weighted by Crippen LogP contribution is 2.18. The summed E-state index contributed by atoms with van der Waals surface area (Å²) in [6.45, 7) is 0. The molecule has 0 bridgehead atoms. The molecule has 1 amide bonds. The van der Waals surface area contributed by atoms with Crippen molar-refractivity contribution in [1.82, 2.24) is 10.2 Å². The van der Waals surface area contributed by atoms with Crippen LogP contribution < -0.4 is 5.32 Å². The third-order valence-electron chi connectivity index (χ3n) is 3.11. The molecular formula is C18H15N3OS. The van der Waals surface area contributed by atoms with Crippen molar-refractivity contribution in [2.24, 2.45) is 0 Å². The van der Waals surface area contributed by atoms with Gasteiger partial charge in [0.1, 0.15) is 5.01 Å². The molecule has 0 spiro atoms. The maximum absolute atomic E-state index is 12.0. The van der Waals surface area contributed by atoms with Crippen LogP contribution in [0.5, 0.6) is 0 Å². The first kappa shape index (κ1) is 15.1. The Bertz CT molecular complexity index is 797. The summed E-state index contributed by atoms with van der Waals surface area (Å²) in [7, 11) is 0. The molecule has 0 aliphatic heterocycles. The van der Waals surface area contributed by atoms with Crippen molar-refractivity contribution in [3.63, 3.8) is 0 Å². The first-order chi connectivity index (χ1) is 11.3. The quantitative estimate of drug-likeness (QED) is 0.775. The van der Waals surface area contributed by atoms with Crippen LogP contribution in [0.4, 0.5) is 5.13 Å². The van der Waals surface area contributed by atoms with Crippen molar-refractivity contribution in [1.29, 1.82) is 0 Å². The van der Waals surface area contributed by atoms with E-state index in [9.17, 15) is 4.79 Å². The third kappa shape index (κ3) is 4.59. The van der Waals surface area contributed by atoms with Gasteiger partial charge in [-0.25, -0.2) is 0 Å². The van der Waals surface area contributed by atoms with Gasteiger partial charge in [0.05, 0.1) is 6.42 Å². The van der Waals surface area contributed by atoms with Crippen LogP contribution in [-0.2, 0) is 11.2 Å². The Balaban J connectivity index is 1.59. The van der Waals surface area contributed by atoms with Gasteiger partial charge in [-0.1, -0.05) is 78.1 Å². The Labute approximate surface area is 138 Å². The van der Waals surface area contributed by atoms with Gasteiger partial charge in [0.25, 0.3) is 0 Å². The lowest BCUT2D eigenvalue weighted by Gasteiger charge is -2.00. The monoisotopic (exact) mass is 321 g/mol. The number of anilines is 1. The van der Waals surface area contributed by atoms with E-state index >= 15 is 0 Å². The lowest BCUT2D eigenvalue weighted by atomic mass is 10.1. The van der Waals surface area contributed by atoms with Gasteiger partial charge in [-0.05, 0) is 17.2 Å². The van der Waals surface area contributed by atoms with Crippen LogP contribution in [0.15, 0.2) is 60.7 Å². The summed E-state index contributed by atoms with van der Waals surface area (Å²) in [6, 6.07) is 19.6. The van der Waals surface area contributed by atoms with Gasteiger partial charge in [0.15, 0.2) is 0 Å². The number of carbonyl (C=O) groups is 1. The topological polar surface area (TPSA) is 54.9 Å². The summed E-state index contributed by atoms with van der Waals surface area (Å²) in [5.41, 5.74) is 2.07. The molecule has 0 aliphatic carbocycles. The molecule has 0 atom stereocenters. The van der Waals surface area contributed by atoms with Crippen molar-refractivity contribution in [2.75, 3.05) is 5.32 Å². The molecular weight excluding hydrogens is 306 g/mol. The maximum atomic E-state index is 12.0. The second-order valence-electron chi connectivity index (χ2n) is 4.90. The second-order valence-corrected chi connectivity index (χ2v) is 5.91. The molecule has 1 aromatic heterocycles. The van der Waals surface area contributed by atoms with Crippen molar-refractivity contribution in [3.05, 3.63) is 76.8 Å². The van der Waals surface area contributed by atoms with E-state index in [0.29, 0.717) is 11.6 Å². The molecule has 0 saturated carbocycles. The molecule has 0 unspecified atom stereocenters. The largest absolute Gasteiger partial charge is 0.300 e. The number of rotatable bonds is 5. The second kappa shape index (κ2) is 7.47. The van der Waals surface area contributed by atoms with E-state index in [1.807, 2.05) is 72.8 Å². The zero-order chi connectivity index (χ0) is 15.9. The average Bonchev–Trinajstić information content (AvgIpc) is 3.02. The smallest absolute Gasteiger partial charge is 0.230 e. The molecule has 5 heteroatoms. The summed E-state index contributed by atoms with van der Waals surface area (Å²) in [5.74, 6) is -0.0917. The lowest BCUT2D eigenvalue weighted by Crippen LogP contribution is -2.14. The van der Waals surface area contributed by atoms with E-state index in [0.717, 1.165) is 16.1 Å². The summed E-state index contributed by atoms with van der Waals surface area (Å²) in [6.07, 6.45) is 4.19. The van der Waals surface area contributed by atoms with Crippen molar-refractivity contribution in [2.45, 2.75) is 6.42 Å². The minimum Gasteiger partial charge on any atom is -0.300 e. The summed E-state index contributed by atoms with van der Waals surface area (Å²) >= 11 is 1.35. The van der Waals surface area contributed by atoms with Gasteiger partial charge >= 0.3 is 0 Å². The van der Waals surface area contributed by atoms with Gasteiger partial charge in [0, 0.05) is 0 Å². The highest BCUT2D eigenvalue weighted by atomic mass is 32.1. The van der Waals surface area contributed by atoms with Crippen LogP contribution in [0, 0.1) is 0 Å². The molecule has 2 aromatic carbocycles. The highest BCUT2D eigenvalue weighted by Gasteiger charge is 2.07. The molecule has 0 radical (unpaired) electrons. The number of aromatic nitrogens is 2. The highest BCUT2D eigenvalue weighted by molar-refractivity contribution is 7.16. The van der Waals surface area contributed by atoms with Gasteiger partial charge in [-0.3, -0.25) is 4.79 Å². The molecule has 3 rings (SSSR count). The van der Waals surface area contributed by atoms with Gasteiger partial charge in [-0.2, -0.15) is 0 Å². The SMILES string of the molecule is O=C(Cc1ccccc1)Nc1nnc(/C=C/c2ccccc2)s1. The zero-order valence-electron chi connectivity index (χ0n) is 12.3. The fourth-order valence-corrected chi connectivity index (χ4v) is 2.69. The summed E-state index contributed by atoms with van der Waals surface area (Å²) in [4.78, 5) is 12.0. The number of benzene rings is 2. The molecule has 0 fully saturated rings. The fraction of sp³-hybridized carbons (Fsp3) is 0.0556. The number of nitrogens with one attached hydrogen (secondary N) is 1. The maximum Gasteiger partial charge on any atom is 0.230 e. The van der Waals surface area contributed by atoms with Crippen molar-refractivity contribution >= 4 is 34.5 Å². The number of hydrogen-bond donors (Lipinski definition) is 1. The number of hydrogen-bond acceptors (Lipinski definition) is 4. The first-order valence-electron chi connectivity index (χ1n) is 7.20. The molecule has 23 heavy (non-hydrogen) atoms. The predicted octanol–water partition coefficient (Wildman–Crippen LogP) is 3.89. The Morgan fingerprint density at radius 1 is 0.957 bits per heavy atom. The zero-order valence-corrected chi connectivity index (χ0v) is 13.2. The molecule has 0 saturated heterocycles. The molecule has 1 N–H and O–H groups in total. The standard InChI is InChI=1S/C18H15N3OS/c22-16(13-15-9-5-2-6-10-15)19-18-21-20-17(23-18)12-11-14-7-3-1-4-8-14/h1-12H,13H2,(H,19,21,22)/b12-11+. The van der Waals surface area contributed by atoms with Crippen LogP contribution in [0.1, 0.15) is 16.1 Å². The number of nitrogens with zero attached hydrogens (tertiary/aromatic N) is 2. The van der Waals surface area contributed by atoms with E-state index in [2.05, 4.69) is 15.5 Å². The lowest BCUT2D eigenvalue weighted by molar-refractivity contribution is -0.115. The minimum absolute atomic E-state index is 0.0917. The minimum atomic E-state index is -0.0917. The summed E-state index contributed by atoms with van der Waals surface area (Å²) in [5, 5.41) is 12.1. The average molecular weight is 321 g/mol. The van der Waals surface area contributed by atoms with Gasteiger partial charge in [-0.15, -0.1) is 10.2 Å². The van der Waals surface area contributed by atoms with Crippen LogP contribution in [0.3, 0.4) is 0 Å². The summed E-state index contributed by atoms with van der Waals surface area (Å²) < 4.78 is 0. The Kier molecular flexibility index (Phi) is 4.91.